The zero-order chi connectivity index (χ0) is 17.0. The Morgan fingerprint density at radius 2 is 1.09 bits per heavy atom. The first kappa shape index (κ1) is 21.2. The van der Waals surface area contributed by atoms with Gasteiger partial charge >= 0.3 is 5.97 Å². The van der Waals surface area contributed by atoms with Crippen LogP contribution in [0.1, 0.15) is 64.7 Å². The summed E-state index contributed by atoms with van der Waals surface area (Å²) in [5.74, 6) is -0.739. The van der Waals surface area contributed by atoms with E-state index in [1.165, 1.54) is 19.3 Å². The number of hydrogen-bond donors (Lipinski definition) is 1. The van der Waals surface area contributed by atoms with E-state index in [-0.39, 0.29) is 6.42 Å². The van der Waals surface area contributed by atoms with Crippen LogP contribution in [0.2, 0.25) is 0 Å². The number of carboxylic acid groups (broad SMARTS) is 1. The summed E-state index contributed by atoms with van der Waals surface area (Å²) in [6.07, 6.45) is 29.9. The molecule has 128 valence electrons. The van der Waals surface area contributed by atoms with Crippen molar-refractivity contribution in [2.45, 2.75) is 64.7 Å². The summed E-state index contributed by atoms with van der Waals surface area (Å²) in [7, 11) is 0. The predicted octanol–water partition coefficient (Wildman–Crippen LogP) is 6.38. The average molecular weight is 316 g/mol. The van der Waals surface area contributed by atoms with E-state index in [0.29, 0.717) is 6.42 Å². The fourth-order valence-corrected chi connectivity index (χ4v) is 1.85. The monoisotopic (exact) mass is 316 g/mol. The fourth-order valence-electron chi connectivity index (χ4n) is 1.85. The molecule has 0 atom stereocenters. The van der Waals surface area contributed by atoms with Crippen LogP contribution in [-0.2, 0) is 4.79 Å². The molecule has 0 aromatic rings. The fraction of sp³-hybridized carbons (Fsp3) is 0.476. The maximum Gasteiger partial charge on any atom is 0.303 e. The van der Waals surface area contributed by atoms with Gasteiger partial charge in [-0.2, -0.15) is 0 Å². The zero-order valence-electron chi connectivity index (χ0n) is 14.5. The van der Waals surface area contributed by atoms with Crippen molar-refractivity contribution in [3.8, 4) is 0 Å². The molecule has 0 aliphatic rings. The third-order valence-corrected chi connectivity index (χ3v) is 3.17. The number of carbonyl (C=O) groups is 1. The standard InChI is InChI=1S/C21H32O2/c1-2-3-4-5-6-7-8-9-10-11-12-13-14-15-16-17-18-19-20-21(22)23/h5-6,8-9,11-12,14-15,17-18H,2-4,7,10,13,16,19-20H2,1H3,(H,22,23). The number of carboxylic acids is 1. The first-order chi connectivity index (χ1) is 11.3. The molecule has 0 unspecified atom stereocenters. The molecule has 0 bridgehead atoms. The molecule has 2 nitrogen and oxygen atoms in total. The summed E-state index contributed by atoms with van der Waals surface area (Å²) in [6, 6.07) is 0. The van der Waals surface area contributed by atoms with E-state index in [1.54, 1.807) is 0 Å². The van der Waals surface area contributed by atoms with Gasteiger partial charge in [0.25, 0.3) is 0 Å². The van der Waals surface area contributed by atoms with Gasteiger partial charge in [0, 0.05) is 6.42 Å². The van der Waals surface area contributed by atoms with Crippen LogP contribution in [0.5, 0.6) is 0 Å². The third-order valence-electron chi connectivity index (χ3n) is 3.17. The first-order valence-corrected chi connectivity index (χ1v) is 8.74. The molecule has 0 fully saturated rings. The third kappa shape index (κ3) is 20.2. The summed E-state index contributed by atoms with van der Waals surface area (Å²) < 4.78 is 0. The lowest BCUT2D eigenvalue weighted by molar-refractivity contribution is -0.136. The van der Waals surface area contributed by atoms with Crippen molar-refractivity contribution in [1.82, 2.24) is 0 Å². The Labute approximate surface area is 142 Å². The summed E-state index contributed by atoms with van der Waals surface area (Å²) >= 11 is 0. The van der Waals surface area contributed by atoms with Gasteiger partial charge in [0.1, 0.15) is 0 Å². The number of hydrogen-bond acceptors (Lipinski definition) is 1. The highest BCUT2D eigenvalue weighted by Crippen LogP contribution is 1.98. The van der Waals surface area contributed by atoms with Crippen LogP contribution in [0.15, 0.2) is 60.8 Å². The number of allylic oxidation sites excluding steroid dienone is 10. The molecule has 23 heavy (non-hydrogen) atoms. The van der Waals surface area contributed by atoms with Crippen LogP contribution in [0.4, 0.5) is 0 Å². The summed E-state index contributed by atoms with van der Waals surface area (Å²) in [4.78, 5) is 10.3. The van der Waals surface area contributed by atoms with E-state index in [0.717, 1.165) is 25.7 Å². The lowest BCUT2D eigenvalue weighted by atomic mass is 10.2. The van der Waals surface area contributed by atoms with Crippen LogP contribution in [0.25, 0.3) is 0 Å². The Balaban J connectivity index is 3.47. The molecular formula is C21H32O2. The summed E-state index contributed by atoms with van der Waals surface area (Å²) in [6.45, 7) is 2.22. The molecule has 0 aromatic carbocycles. The Hall–Kier alpha value is -1.83. The second kappa shape index (κ2) is 18.2. The molecule has 0 amide bonds. The number of unbranched alkanes of at least 4 members (excludes halogenated alkanes) is 2. The number of aliphatic carboxylic acids is 1. The van der Waals surface area contributed by atoms with Crippen LogP contribution < -0.4 is 0 Å². The highest BCUT2D eigenvalue weighted by atomic mass is 16.4. The van der Waals surface area contributed by atoms with E-state index in [9.17, 15) is 4.79 Å². The molecule has 0 aromatic heterocycles. The Morgan fingerprint density at radius 1 is 0.696 bits per heavy atom. The van der Waals surface area contributed by atoms with Crippen LogP contribution in [0, 0.1) is 0 Å². The lowest BCUT2D eigenvalue weighted by Crippen LogP contribution is -1.91. The lowest BCUT2D eigenvalue weighted by Gasteiger charge is -1.88. The van der Waals surface area contributed by atoms with Crippen molar-refractivity contribution in [2.24, 2.45) is 0 Å². The van der Waals surface area contributed by atoms with Crippen molar-refractivity contribution in [3.05, 3.63) is 60.8 Å². The van der Waals surface area contributed by atoms with Crippen molar-refractivity contribution in [2.75, 3.05) is 0 Å². The van der Waals surface area contributed by atoms with E-state index >= 15 is 0 Å². The quantitative estimate of drug-likeness (QED) is 0.298. The average Bonchev–Trinajstić information content (AvgIpc) is 2.53. The van der Waals surface area contributed by atoms with E-state index < -0.39 is 5.97 Å². The molecule has 0 heterocycles. The van der Waals surface area contributed by atoms with Crippen LogP contribution in [-0.4, -0.2) is 11.1 Å². The topological polar surface area (TPSA) is 37.3 Å². The van der Waals surface area contributed by atoms with Crippen LogP contribution >= 0.6 is 0 Å². The molecule has 0 saturated heterocycles. The largest absolute Gasteiger partial charge is 0.481 e. The Bertz CT molecular complexity index is 412. The Kier molecular flexibility index (Phi) is 16.8. The van der Waals surface area contributed by atoms with Crippen LogP contribution in [0.3, 0.4) is 0 Å². The van der Waals surface area contributed by atoms with Gasteiger partial charge < -0.3 is 5.11 Å². The highest BCUT2D eigenvalue weighted by Gasteiger charge is 1.90. The molecule has 0 radical (unpaired) electrons. The van der Waals surface area contributed by atoms with Gasteiger partial charge in [-0.15, -0.1) is 0 Å². The second-order valence-electron chi connectivity index (χ2n) is 5.37. The van der Waals surface area contributed by atoms with E-state index in [2.05, 4.69) is 55.5 Å². The smallest absolute Gasteiger partial charge is 0.303 e. The molecule has 0 spiro atoms. The molecule has 1 N–H and O–H groups in total. The van der Waals surface area contributed by atoms with Gasteiger partial charge in [0.2, 0.25) is 0 Å². The van der Waals surface area contributed by atoms with Gasteiger partial charge in [-0.05, 0) is 38.5 Å². The maximum absolute atomic E-state index is 10.3. The minimum absolute atomic E-state index is 0.213. The van der Waals surface area contributed by atoms with E-state index in [1.807, 2.05) is 12.2 Å². The van der Waals surface area contributed by atoms with Gasteiger partial charge in [-0.1, -0.05) is 80.5 Å². The summed E-state index contributed by atoms with van der Waals surface area (Å²) in [5, 5.41) is 8.48. The molecular weight excluding hydrogens is 284 g/mol. The van der Waals surface area contributed by atoms with Crippen molar-refractivity contribution < 1.29 is 9.90 Å². The minimum atomic E-state index is -0.739. The van der Waals surface area contributed by atoms with Crippen molar-refractivity contribution in [3.63, 3.8) is 0 Å². The first-order valence-electron chi connectivity index (χ1n) is 8.74. The van der Waals surface area contributed by atoms with Gasteiger partial charge in [-0.25, -0.2) is 0 Å². The minimum Gasteiger partial charge on any atom is -0.481 e. The van der Waals surface area contributed by atoms with Gasteiger partial charge in [0.05, 0.1) is 0 Å². The second-order valence-corrected chi connectivity index (χ2v) is 5.37. The van der Waals surface area contributed by atoms with Crippen molar-refractivity contribution in [1.29, 1.82) is 0 Å². The summed E-state index contributed by atoms with van der Waals surface area (Å²) in [5.41, 5.74) is 0. The number of rotatable bonds is 14. The normalized spacial score (nSPS) is 12.7. The molecule has 0 aliphatic carbocycles. The molecule has 2 heteroatoms. The Morgan fingerprint density at radius 3 is 1.48 bits per heavy atom. The van der Waals surface area contributed by atoms with E-state index in [4.69, 9.17) is 5.11 Å². The molecule has 0 saturated carbocycles. The molecule has 0 aliphatic heterocycles. The van der Waals surface area contributed by atoms with Crippen molar-refractivity contribution >= 4 is 5.97 Å². The van der Waals surface area contributed by atoms with Gasteiger partial charge in [0.15, 0.2) is 0 Å². The maximum atomic E-state index is 10.3. The highest BCUT2D eigenvalue weighted by molar-refractivity contribution is 5.66. The zero-order valence-corrected chi connectivity index (χ0v) is 14.5. The molecule has 0 rings (SSSR count). The predicted molar refractivity (Wildman–Crippen MR) is 101 cm³/mol. The SMILES string of the molecule is CCCCC=CCC=CCC=CCC=CCC=CCCC(=O)O. The van der Waals surface area contributed by atoms with Gasteiger partial charge in [-0.3, -0.25) is 4.79 Å².